The number of aromatic nitrogens is 1. The number of benzene rings is 2. The lowest BCUT2D eigenvalue weighted by Crippen LogP contribution is -2.08. The van der Waals surface area contributed by atoms with Crippen LogP contribution < -0.4 is 5.76 Å². The Morgan fingerprint density at radius 3 is 2.71 bits per heavy atom. The van der Waals surface area contributed by atoms with Gasteiger partial charge in [0.1, 0.15) is 0 Å². The van der Waals surface area contributed by atoms with Crippen molar-refractivity contribution in [1.82, 2.24) is 4.57 Å². The number of ketones is 1. The lowest BCUT2D eigenvalue weighted by atomic mass is 9.99. The van der Waals surface area contributed by atoms with Gasteiger partial charge in [-0.2, -0.15) is 0 Å². The Morgan fingerprint density at radius 1 is 1.19 bits per heavy atom. The van der Waals surface area contributed by atoms with Gasteiger partial charge < -0.3 is 4.42 Å². The lowest BCUT2D eigenvalue weighted by Gasteiger charge is -2.06. The Hall–Kier alpha value is -2.14. The molecule has 3 aromatic rings. The number of fused-ring (bicyclic) bond motifs is 1. The third-order valence-electron chi connectivity index (χ3n) is 3.50. The fourth-order valence-corrected chi connectivity index (χ4v) is 2.63. The van der Waals surface area contributed by atoms with Crippen LogP contribution in [0, 0.1) is 6.92 Å². The Kier molecular flexibility index (Phi) is 3.29. The molecule has 0 aliphatic heterocycles. The highest BCUT2D eigenvalue weighted by atomic mass is 79.9. The van der Waals surface area contributed by atoms with E-state index in [-0.39, 0.29) is 5.78 Å². The van der Waals surface area contributed by atoms with Gasteiger partial charge in [-0.15, -0.1) is 0 Å². The third kappa shape index (κ3) is 2.34. The number of aryl methyl sites for hydroxylation is 2. The number of rotatable bonds is 2. The van der Waals surface area contributed by atoms with Crippen molar-refractivity contribution >= 4 is 32.8 Å². The number of hydrogen-bond acceptors (Lipinski definition) is 3. The third-order valence-corrected chi connectivity index (χ3v) is 3.99. The van der Waals surface area contributed by atoms with E-state index in [2.05, 4.69) is 15.9 Å². The van der Waals surface area contributed by atoms with Crippen LogP contribution in [0.5, 0.6) is 0 Å². The first kappa shape index (κ1) is 13.8. The van der Waals surface area contributed by atoms with Gasteiger partial charge in [-0.05, 0) is 42.8 Å². The first-order valence-corrected chi connectivity index (χ1v) is 7.17. The topological polar surface area (TPSA) is 52.2 Å². The predicted octanol–water partition coefficient (Wildman–Crippen LogP) is 3.43. The molecule has 2 aromatic carbocycles. The second-order valence-electron chi connectivity index (χ2n) is 4.90. The molecule has 0 saturated heterocycles. The van der Waals surface area contributed by atoms with E-state index in [0.29, 0.717) is 22.2 Å². The van der Waals surface area contributed by atoms with Crippen molar-refractivity contribution in [1.29, 1.82) is 0 Å². The highest BCUT2D eigenvalue weighted by Crippen LogP contribution is 2.21. The molecular formula is C16H12BrNO3. The fraction of sp³-hybridized carbons (Fsp3) is 0.125. The number of hydrogen-bond donors (Lipinski definition) is 0. The van der Waals surface area contributed by atoms with Crippen molar-refractivity contribution in [2.75, 3.05) is 0 Å². The average Bonchev–Trinajstić information content (AvgIpc) is 2.75. The zero-order valence-corrected chi connectivity index (χ0v) is 13.1. The van der Waals surface area contributed by atoms with Crippen LogP contribution in [0.2, 0.25) is 0 Å². The monoisotopic (exact) mass is 345 g/mol. The van der Waals surface area contributed by atoms with Gasteiger partial charge in [-0.1, -0.05) is 22.0 Å². The van der Waals surface area contributed by atoms with Crippen LogP contribution in [0.15, 0.2) is 50.1 Å². The maximum absolute atomic E-state index is 12.6. The summed E-state index contributed by atoms with van der Waals surface area (Å²) in [5.41, 5.74) is 3.11. The van der Waals surface area contributed by atoms with Gasteiger partial charge in [0.2, 0.25) is 0 Å². The fourth-order valence-electron chi connectivity index (χ4n) is 2.27. The summed E-state index contributed by atoms with van der Waals surface area (Å²) < 4.78 is 7.39. The van der Waals surface area contributed by atoms with Crippen LogP contribution in [0.25, 0.3) is 11.1 Å². The first-order chi connectivity index (χ1) is 9.97. The molecule has 0 bridgehead atoms. The van der Waals surface area contributed by atoms with Gasteiger partial charge in [0, 0.05) is 22.6 Å². The molecular weight excluding hydrogens is 334 g/mol. The second-order valence-corrected chi connectivity index (χ2v) is 5.81. The van der Waals surface area contributed by atoms with Gasteiger partial charge >= 0.3 is 5.76 Å². The van der Waals surface area contributed by atoms with Crippen molar-refractivity contribution in [2.24, 2.45) is 7.05 Å². The van der Waals surface area contributed by atoms with Gasteiger partial charge in [0.05, 0.1) is 5.52 Å². The van der Waals surface area contributed by atoms with E-state index in [9.17, 15) is 9.59 Å². The van der Waals surface area contributed by atoms with Crippen molar-refractivity contribution < 1.29 is 9.21 Å². The van der Waals surface area contributed by atoms with Crippen molar-refractivity contribution in [2.45, 2.75) is 6.92 Å². The molecule has 3 rings (SSSR count). The van der Waals surface area contributed by atoms with E-state index < -0.39 is 5.76 Å². The van der Waals surface area contributed by atoms with E-state index in [4.69, 9.17) is 4.42 Å². The van der Waals surface area contributed by atoms with Crippen LogP contribution in [-0.4, -0.2) is 10.4 Å². The molecule has 0 saturated carbocycles. The number of nitrogens with zero attached hydrogens (tertiary/aromatic N) is 1. The van der Waals surface area contributed by atoms with E-state index in [1.165, 1.54) is 4.57 Å². The molecule has 4 nitrogen and oxygen atoms in total. The van der Waals surface area contributed by atoms with Gasteiger partial charge in [-0.25, -0.2) is 4.79 Å². The summed E-state index contributed by atoms with van der Waals surface area (Å²) >= 11 is 3.37. The van der Waals surface area contributed by atoms with E-state index in [0.717, 1.165) is 10.0 Å². The lowest BCUT2D eigenvalue weighted by molar-refractivity contribution is 0.103. The number of oxazole rings is 1. The molecule has 21 heavy (non-hydrogen) atoms. The number of carbonyl (C=O) groups excluding carboxylic acids is 1. The summed E-state index contributed by atoms with van der Waals surface area (Å²) in [6.07, 6.45) is 0. The molecule has 0 aliphatic rings. The van der Waals surface area contributed by atoms with E-state index in [1.807, 2.05) is 19.1 Å². The molecule has 5 heteroatoms. The molecule has 106 valence electrons. The first-order valence-electron chi connectivity index (χ1n) is 6.38. The maximum Gasteiger partial charge on any atom is 0.419 e. The molecule has 0 fully saturated rings. The molecule has 0 aliphatic carbocycles. The van der Waals surface area contributed by atoms with Crippen LogP contribution >= 0.6 is 15.9 Å². The van der Waals surface area contributed by atoms with E-state index in [1.54, 1.807) is 31.3 Å². The molecule has 0 unspecified atom stereocenters. The summed E-state index contributed by atoms with van der Waals surface area (Å²) in [5, 5.41) is 0. The predicted molar refractivity (Wildman–Crippen MR) is 83.8 cm³/mol. The summed E-state index contributed by atoms with van der Waals surface area (Å²) in [6.45, 7) is 1.89. The highest BCUT2D eigenvalue weighted by molar-refractivity contribution is 9.10. The minimum absolute atomic E-state index is 0.0952. The van der Waals surface area contributed by atoms with Crippen LogP contribution in [-0.2, 0) is 7.05 Å². The van der Waals surface area contributed by atoms with Crippen LogP contribution in [0.4, 0.5) is 0 Å². The average molecular weight is 346 g/mol. The largest absolute Gasteiger partial charge is 0.419 e. The molecule has 0 atom stereocenters. The maximum atomic E-state index is 12.6. The van der Waals surface area contributed by atoms with E-state index >= 15 is 0 Å². The van der Waals surface area contributed by atoms with Gasteiger partial charge in [-0.3, -0.25) is 9.36 Å². The molecule has 0 spiro atoms. The summed E-state index contributed by atoms with van der Waals surface area (Å²) in [7, 11) is 1.63. The highest BCUT2D eigenvalue weighted by Gasteiger charge is 2.15. The zero-order chi connectivity index (χ0) is 15.1. The molecule has 0 radical (unpaired) electrons. The Balaban J connectivity index is 2.13. The minimum Gasteiger partial charge on any atom is -0.408 e. The molecule has 1 aromatic heterocycles. The summed E-state index contributed by atoms with van der Waals surface area (Å²) in [5.74, 6) is -0.532. The Morgan fingerprint density at radius 2 is 1.95 bits per heavy atom. The van der Waals surface area contributed by atoms with Crippen LogP contribution in [0.3, 0.4) is 0 Å². The Bertz CT molecular complexity index is 921. The number of halogens is 1. The summed E-state index contributed by atoms with van der Waals surface area (Å²) in [6, 6.07) is 10.6. The smallest absolute Gasteiger partial charge is 0.408 e. The quantitative estimate of drug-likeness (QED) is 0.668. The summed E-state index contributed by atoms with van der Waals surface area (Å²) in [4.78, 5) is 24.1. The number of carbonyl (C=O) groups is 1. The molecule has 0 N–H and O–H groups in total. The SMILES string of the molecule is Cc1ccc(Br)cc1C(=O)c1ccc2c(c1)oc(=O)n2C. The second kappa shape index (κ2) is 5.00. The van der Waals surface area contributed by atoms with Crippen molar-refractivity contribution in [3.63, 3.8) is 0 Å². The zero-order valence-electron chi connectivity index (χ0n) is 11.5. The van der Waals surface area contributed by atoms with Crippen LogP contribution in [0.1, 0.15) is 21.5 Å². The standard InChI is InChI=1S/C16H12BrNO3/c1-9-3-5-11(17)8-12(9)15(19)10-4-6-13-14(7-10)21-16(20)18(13)2/h3-8H,1-2H3. The Labute approximate surface area is 129 Å². The molecule has 1 heterocycles. The minimum atomic E-state index is -0.437. The van der Waals surface area contributed by atoms with Crippen molar-refractivity contribution in [3.8, 4) is 0 Å². The molecule has 0 amide bonds. The van der Waals surface area contributed by atoms with Crippen molar-refractivity contribution in [3.05, 3.63) is 68.1 Å². The van der Waals surface area contributed by atoms with Gasteiger partial charge in [0.15, 0.2) is 11.4 Å². The van der Waals surface area contributed by atoms with Gasteiger partial charge in [0.25, 0.3) is 0 Å². The normalized spacial score (nSPS) is 11.0.